The molecule has 0 unspecified atom stereocenters. The lowest BCUT2D eigenvalue weighted by molar-refractivity contribution is 0.0973. The van der Waals surface area contributed by atoms with Gasteiger partial charge in [-0.25, -0.2) is 0 Å². The van der Waals surface area contributed by atoms with Crippen LogP contribution in [-0.2, 0) is 0 Å². The van der Waals surface area contributed by atoms with Gasteiger partial charge in [0, 0.05) is 11.1 Å². The molecule has 0 saturated carbocycles. The molecule has 0 saturated heterocycles. The van der Waals surface area contributed by atoms with Crippen molar-refractivity contribution in [2.24, 2.45) is 5.41 Å². The molecule has 1 aromatic carbocycles. The highest BCUT2D eigenvalue weighted by Crippen LogP contribution is 2.26. The largest absolute Gasteiger partial charge is 0.305 e. The molecule has 0 aliphatic rings. The molecule has 0 fully saturated rings. The summed E-state index contributed by atoms with van der Waals surface area (Å²) >= 11 is 0. The first-order valence-electron chi connectivity index (χ1n) is 6.94. The van der Waals surface area contributed by atoms with Crippen LogP contribution in [0.5, 0.6) is 0 Å². The van der Waals surface area contributed by atoms with Gasteiger partial charge in [0.05, 0.1) is 6.54 Å². The number of carbonyl (C=O) groups is 1. The van der Waals surface area contributed by atoms with Crippen LogP contribution < -0.4 is 5.32 Å². The van der Waals surface area contributed by atoms with Crippen LogP contribution in [0.4, 0.5) is 0 Å². The second-order valence-corrected chi connectivity index (χ2v) is 7.26. The zero-order valence-electron chi connectivity index (χ0n) is 13.1. The van der Waals surface area contributed by atoms with Crippen molar-refractivity contribution in [1.29, 1.82) is 0 Å². The fourth-order valence-electron chi connectivity index (χ4n) is 2.55. The molecule has 1 N–H and O–H groups in total. The van der Waals surface area contributed by atoms with Gasteiger partial charge in [-0.1, -0.05) is 50.6 Å². The first-order chi connectivity index (χ1) is 8.59. The Kier molecular flexibility index (Phi) is 4.92. The Morgan fingerprint density at radius 1 is 1.05 bits per heavy atom. The van der Waals surface area contributed by atoms with E-state index in [4.69, 9.17) is 0 Å². The zero-order chi connectivity index (χ0) is 14.7. The number of carbonyl (C=O) groups excluding carboxylic acids is 1. The number of ketones is 1. The molecule has 1 rings (SSSR count). The summed E-state index contributed by atoms with van der Waals surface area (Å²) in [6.45, 7) is 13.4. The van der Waals surface area contributed by atoms with Crippen LogP contribution in [0.15, 0.2) is 24.3 Å². The smallest absolute Gasteiger partial charge is 0.176 e. The zero-order valence-corrected chi connectivity index (χ0v) is 13.1. The summed E-state index contributed by atoms with van der Waals surface area (Å²) < 4.78 is 0. The Hall–Kier alpha value is -1.15. The van der Waals surface area contributed by atoms with E-state index in [0.29, 0.717) is 6.54 Å². The maximum absolute atomic E-state index is 12.1. The van der Waals surface area contributed by atoms with E-state index in [1.807, 2.05) is 31.2 Å². The minimum absolute atomic E-state index is 0.0292. The Labute approximate surface area is 117 Å². The van der Waals surface area contributed by atoms with Crippen LogP contribution in [0.1, 0.15) is 57.0 Å². The fraction of sp³-hybridized carbons (Fsp3) is 0.588. The summed E-state index contributed by atoms with van der Waals surface area (Å²) in [5.74, 6) is 0.155. The molecule has 19 heavy (non-hydrogen) atoms. The van der Waals surface area contributed by atoms with Gasteiger partial charge in [-0.05, 0) is 32.6 Å². The van der Waals surface area contributed by atoms with Gasteiger partial charge >= 0.3 is 0 Å². The highest BCUT2D eigenvalue weighted by atomic mass is 16.1. The van der Waals surface area contributed by atoms with Crippen molar-refractivity contribution in [3.63, 3.8) is 0 Å². The van der Waals surface area contributed by atoms with Gasteiger partial charge in [-0.2, -0.15) is 0 Å². The third kappa shape index (κ3) is 6.02. The molecule has 2 heteroatoms. The van der Waals surface area contributed by atoms with E-state index in [2.05, 4.69) is 39.9 Å². The van der Waals surface area contributed by atoms with Gasteiger partial charge in [0.15, 0.2) is 5.78 Å². The highest BCUT2D eigenvalue weighted by molar-refractivity contribution is 5.97. The first kappa shape index (κ1) is 15.9. The first-order valence-corrected chi connectivity index (χ1v) is 6.94. The van der Waals surface area contributed by atoms with E-state index >= 15 is 0 Å². The molecule has 0 radical (unpaired) electrons. The minimum atomic E-state index is -0.0292. The second-order valence-electron chi connectivity index (χ2n) is 7.26. The Morgan fingerprint density at radius 3 is 2.05 bits per heavy atom. The average molecular weight is 261 g/mol. The van der Waals surface area contributed by atoms with Crippen molar-refractivity contribution < 1.29 is 4.79 Å². The molecule has 0 spiro atoms. The van der Waals surface area contributed by atoms with Crippen LogP contribution >= 0.6 is 0 Å². The van der Waals surface area contributed by atoms with Crippen molar-refractivity contribution in [2.75, 3.05) is 6.54 Å². The molecule has 0 aromatic heterocycles. The molecule has 1 aromatic rings. The Balaban J connectivity index is 2.56. The van der Waals surface area contributed by atoms with E-state index in [0.717, 1.165) is 12.0 Å². The molecule has 106 valence electrons. The monoisotopic (exact) mass is 261 g/mol. The maximum Gasteiger partial charge on any atom is 0.176 e. The fourth-order valence-corrected chi connectivity index (χ4v) is 2.55. The third-order valence-corrected chi connectivity index (χ3v) is 3.07. The average Bonchev–Trinajstić information content (AvgIpc) is 2.24. The molecule has 0 heterocycles. The Bertz CT molecular complexity index is 424. The summed E-state index contributed by atoms with van der Waals surface area (Å²) in [6, 6.07) is 7.76. The van der Waals surface area contributed by atoms with Crippen LogP contribution in [0.25, 0.3) is 0 Å². The number of aryl methyl sites for hydroxylation is 1. The van der Waals surface area contributed by atoms with Gasteiger partial charge in [0.2, 0.25) is 0 Å². The van der Waals surface area contributed by atoms with E-state index in [9.17, 15) is 4.79 Å². The quantitative estimate of drug-likeness (QED) is 0.812. The standard InChI is InChI=1S/C17H27NO/c1-13-7-9-14(10-8-13)15(19)11-18-17(5,6)12-16(2,3)4/h7-10,18H,11-12H2,1-6H3. The maximum atomic E-state index is 12.1. The number of hydrogen-bond donors (Lipinski definition) is 1. The normalized spacial score (nSPS) is 12.5. The number of nitrogens with one attached hydrogen (secondary N) is 1. The SMILES string of the molecule is Cc1ccc(C(=O)CNC(C)(C)CC(C)(C)C)cc1. The van der Waals surface area contributed by atoms with Crippen molar-refractivity contribution in [3.8, 4) is 0 Å². The lowest BCUT2D eigenvalue weighted by Gasteiger charge is -2.33. The lowest BCUT2D eigenvalue weighted by atomic mass is 9.82. The van der Waals surface area contributed by atoms with Crippen LogP contribution in [0, 0.1) is 12.3 Å². The van der Waals surface area contributed by atoms with E-state index in [1.54, 1.807) is 0 Å². The molecular formula is C17H27NO. The predicted molar refractivity (Wildman–Crippen MR) is 81.7 cm³/mol. The van der Waals surface area contributed by atoms with Crippen molar-refractivity contribution >= 4 is 5.78 Å². The van der Waals surface area contributed by atoms with Gasteiger partial charge in [-0.15, -0.1) is 0 Å². The van der Waals surface area contributed by atoms with Crippen molar-refractivity contribution in [2.45, 2.75) is 53.5 Å². The lowest BCUT2D eigenvalue weighted by Crippen LogP contribution is -2.44. The van der Waals surface area contributed by atoms with Gasteiger partial charge in [0.25, 0.3) is 0 Å². The molecule has 0 bridgehead atoms. The van der Waals surface area contributed by atoms with Crippen molar-refractivity contribution in [1.82, 2.24) is 5.32 Å². The molecule has 0 amide bonds. The molecule has 0 atom stereocenters. The van der Waals surface area contributed by atoms with Crippen LogP contribution in [0.2, 0.25) is 0 Å². The van der Waals surface area contributed by atoms with Gasteiger partial charge < -0.3 is 5.32 Å². The minimum Gasteiger partial charge on any atom is -0.305 e. The Morgan fingerprint density at radius 2 is 1.58 bits per heavy atom. The molecule has 0 aliphatic carbocycles. The van der Waals surface area contributed by atoms with Gasteiger partial charge in [-0.3, -0.25) is 4.79 Å². The van der Waals surface area contributed by atoms with E-state index < -0.39 is 0 Å². The van der Waals surface area contributed by atoms with Crippen LogP contribution in [-0.4, -0.2) is 17.9 Å². The number of benzene rings is 1. The second kappa shape index (κ2) is 5.87. The summed E-state index contributed by atoms with van der Waals surface area (Å²) in [5.41, 5.74) is 2.18. The van der Waals surface area contributed by atoms with E-state index in [1.165, 1.54) is 5.56 Å². The molecular weight excluding hydrogens is 234 g/mol. The molecule has 0 aliphatic heterocycles. The topological polar surface area (TPSA) is 29.1 Å². The summed E-state index contributed by atoms with van der Waals surface area (Å²) in [5, 5.41) is 3.38. The van der Waals surface area contributed by atoms with Gasteiger partial charge in [0.1, 0.15) is 0 Å². The predicted octanol–water partition coefficient (Wildman–Crippen LogP) is 3.98. The highest BCUT2D eigenvalue weighted by Gasteiger charge is 2.25. The summed E-state index contributed by atoms with van der Waals surface area (Å²) in [7, 11) is 0. The summed E-state index contributed by atoms with van der Waals surface area (Å²) in [4.78, 5) is 12.1. The molecule has 2 nitrogen and oxygen atoms in total. The van der Waals surface area contributed by atoms with Crippen LogP contribution in [0.3, 0.4) is 0 Å². The van der Waals surface area contributed by atoms with Crippen molar-refractivity contribution in [3.05, 3.63) is 35.4 Å². The summed E-state index contributed by atoms with van der Waals surface area (Å²) in [6.07, 6.45) is 1.03. The number of rotatable bonds is 5. The van der Waals surface area contributed by atoms with E-state index in [-0.39, 0.29) is 16.7 Å². The number of hydrogen-bond acceptors (Lipinski definition) is 2. The third-order valence-electron chi connectivity index (χ3n) is 3.07. The number of Topliss-reactive ketones (excluding diaryl/α,β-unsaturated/α-hetero) is 1.